The zero-order valence-electron chi connectivity index (χ0n) is 30.5. The van der Waals surface area contributed by atoms with E-state index in [1.165, 1.54) is 70.0 Å². The van der Waals surface area contributed by atoms with Crippen LogP contribution < -0.4 is 0 Å². The summed E-state index contributed by atoms with van der Waals surface area (Å²) in [5, 5.41) is 11.0. The molecule has 0 bridgehead atoms. The molecule has 13 rings (SSSR count). The molecule has 4 aromatic heterocycles. The average Bonchev–Trinajstić information content (AvgIpc) is 3.93. The van der Waals surface area contributed by atoms with Crippen LogP contribution in [0.25, 0.3) is 119 Å². The smallest absolute Gasteiger partial charge is 0.166 e. The van der Waals surface area contributed by atoms with Crippen LogP contribution in [-0.2, 0) is 0 Å². The Hall–Kier alpha value is -7.34. The summed E-state index contributed by atoms with van der Waals surface area (Å²) in [6.45, 7) is 0. The summed E-state index contributed by atoms with van der Waals surface area (Å²) in [7, 11) is 0. The SMILES string of the molecule is c1ccc(-c2cccc(-n3c4cccc5c6ccccc6c6cccc7c6c6c(c54)c3ccc6n7-c3nc4sc5ccccc5c4nc3-c3ccccc3)c2)cc1. The molecule has 0 spiro atoms. The third-order valence-electron chi connectivity index (χ3n) is 11.9. The van der Waals surface area contributed by atoms with Crippen molar-refractivity contribution < 1.29 is 0 Å². The van der Waals surface area contributed by atoms with Crippen molar-refractivity contribution >= 4 is 96.9 Å². The summed E-state index contributed by atoms with van der Waals surface area (Å²) >= 11 is 1.71. The number of aromatic nitrogens is 4. The van der Waals surface area contributed by atoms with Crippen molar-refractivity contribution in [2.24, 2.45) is 0 Å². The number of hydrogen-bond donors (Lipinski definition) is 0. The van der Waals surface area contributed by atoms with Crippen molar-refractivity contribution in [2.45, 2.75) is 0 Å². The Balaban J connectivity index is 1.24. The first-order valence-corrected chi connectivity index (χ1v) is 20.2. The van der Waals surface area contributed by atoms with Gasteiger partial charge in [0.25, 0.3) is 0 Å². The maximum Gasteiger partial charge on any atom is 0.166 e. The third-order valence-corrected chi connectivity index (χ3v) is 12.9. The number of fused-ring (bicyclic) bond motifs is 6. The molecule has 5 heteroatoms. The molecule has 0 saturated carbocycles. The minimum absolute atomic E-state index is 0.837. The van der Waals surface area contributed by atoms with E-state index in [2.05, 4.69) is 191 Å². The van der Waals surface area contributed by atoms with E-state index in [0.29, 0.717) is 0 Å². The van der Waals surface area contributed by atoms with E-state index < -0.39 is 0 Å². The van der Waals surface area contributed by atoms with E-state index in [0.717, 1.165) is 49.5 Å². The molecular weight excluding hydrogens is 713 g/mol. The first kappa shape index (κ1) is 30.9. The number of rotatable bonds is 4. The van der Waals surface area contributed by atoms with Crippen LogP contribution in [0.1, 0.15) is 0 Å². The van der Waals surface area contributed by atoms with Gasteiger partial charge in [0, 0.05) is 42.9 Å². The highest BCUT2D eigenvalue weighted by Crippen LogP contribution is 2.48. The fourth-order valence-corrected chi connectivity index (χ4v) is 10.5. The second-order valence-electron chi connectivity index (χ2n) is 14.9. The van der Waals surface area contributed by atoms with Gasteiger partial charge in [-0.3, -0.25) is 4.57 Å². The highest BCUT2D eigenvalue weighted by Gasteiger charge is 2.26. The van der Waals surface area contributed by atoms with Gasteiger partial charge in [0.15, 0.2) is 5.82 Å². The van der Waals surface area contributed by atoms with Gasteiger partial charge >= 0.3 is 0 Å². The van der Waals surface area contributed by atoms with E-state index >= 15 is 0 Å². The Bertz CT molecular complexity index is 3740. The molecule has 4 nitrogen and oxygen atoms in total. The molecule has 0 unspecified atom stereocenters. The van der Waals surface area contributed by atoms with Gasteiger partial charge in [-0.2, -0.15) is 0 Å². The quantitative estimate of drug-likeness (QED) is 0.180. The highest BCUT2D eigenvalue weighted by atomic mass is 32.1. The Morgan fingerprint density at radius 3 is 1.60 bits per heavy atom. The summed E-state index contributed by atoms with van der Waals surface area (Å²) < 4.78 is 6.05. The maximum atomic E-state index is 5.59. The van der Waals surface area contributed by atoms with Gasteiger partial charge in [0.05, 0.1) is 22.1 Å². The number of thiophene rings is 1. The third kappa shape index (κ3) is 4.26. The van der Waals surface area contributed by atoms with Gasteiger partial charge < -0.3 is 4.57 Å². The van der Waals surface area contributed by atoms with Crippen molar-refractivity contribution in [3.05, 3.63) is 182 Å². The maximum absolute atomic E-state index is 5.59. The van der Waals surface area contributed by atoms with E-state index in [1.807, 2.05) is 0 Å². The Kier molecular flexibility index (Phi) is 6.29. The fourth-order valence-electron chi connectivity index (χ4n) is 9.52. The molecule has 0 atom stereocenters. The van der Waals surface area contributed by atoms with Gasteiger partial charge in [-0.1, -0.05) is 140 Å². The zero-order chi connectivity index (χ0) is 37.2. The molecule has 0 aliphatic carbocycles. The lowest BCUT2D eigenvalue weighted by molar-refractivity contribution is 1.09. The van der Waals surface area contributed by atoms with E-state index in [1.54, 1.807) is 11.3 Å². The van der Waals surface area contributed by atoms with Crippen LogP contribution in [0, 0.1) is 0 Å². The second kappa shape index (κ2) is 11.6. The fraction of sp³-hybridized carbons (Fsp3) is 0. The standard InChI is InChI=1S/C52H30N4S/c1-3-14-31(15-4-1)33-18-11-19-34(30-33)55-40-25-12-23-37-35-20-7-8-21-36(35)38-24-13-26-41-46(38)48-43(29-28-42(55)47(48)45(37)40)56(41)51-49(32-16-5-2-6-17-32)53-50-39-22-9-10-27-44(39)57-52(50)54-51/h1-30H. The Labute approximate surface area is 330 Å². The van der Waals surface area contributed by atoms with Gasteiger partial charge in [-0.15, -0.1) is 11.3 Å². The summed E-state index contributed by atoms with van der Waals surface area (Å²) in [5.74, 6) is 0.837. The largest absolute Gasteiger partial charge is 0.309 e. The van der Waals surface area contributed by atoms with Crippen molar-refractivity contribution in [1.82, 2.24) is 19.1 Å². The first-order chi connectivity index (χ1) is 28.3. The molecule has 13 aromatic rings. The molecule has 264 valence electrons. The number of benzene rings is 8. The van der Waals surface area contributed by atoms with E-state index in [-0.39, 0.29) is 0 Å². The molecule has 0 N–H and O–H groups in total. The molecular formula is C52H30N4S. The van der Waals surface area contributed by atoms with E-state index in [9.17, 15) is 0 Å². The second-order valence-corrected chi connectivity index (χ2v) is 15.9. The normalized spacial score (nSPS) is 12.2. The summed E-state index contributed by atoms with van der Waals surface area (Å²) in [6.07, 6.45) is 0. The predicted molar refractivity (Wildman–Crippen MR) is 241 cm³/mol. The lowest BCUT2D eigenvalue weighted by Gasteiger charge is -2.13. The van der Waals surface area contributed by atoms with Crippen LogP contribution in [0.15, 0.2) is 182 Å². The predicted octanol–water partition coefficient (Wildman–Crippen LogP) is 14.1. The van der Waals surface area contributed by atoms with Crippen LogP contribution in [0.3, 0.4) is 0 Å². The Morgan fingerprint density at radius 2 is 0.895 bits per heavy atom. The number of hydrogen-bond acceptors (Lipinski definition) is 3. The lowest BCUT2D eigenvalue weighted by Crippen LogP contribution is -2.03. The van der Waals surface area contributed by atoms with Crippen LogP contribution in [0.4, 0.5) is 0 Å². The number of nitrogens with zero attached hydrogens (tertiary/aromatic N) is 4. The topological polar surface area (TPSA) is 35.6 Å². The zero-order valence-corrected chi connectivity index (χ0v) is 31.3. The molecule has 57 heavy (non-hydrogen) atoms. The first-order valence-electron chi connectivity index (χ1n) is 19.3. The van der Waals surface area contributed by atoms with Crippen molar-refractivity contribution in [3.63, 3.8) is 0 Å². The minimum Gasteiger partial charge on any atom is -0.309 e. The van der Waals surface area contributed by atoms with Crippen LogP contribution in [0.5, 0.6) is 0 Å². The van der Waals surface area contributed by atoms with Crippen molar-refractivity contribution in [3.8, 4) is 33.9 Å². The van der Waals surface area contributed by atoms with Crippen molar-refractivity contribution in [1.29, 1.82) is 0 Å². The minimum atomic E-state index is 0.837. The molecule has 0 aliphatic heterocycles. The van der Waals surface area contributed by atoms with E-state index in [4.69, 9.17) is 9.97 Å². The van der Waals surface area contributed by atoms with Gasteiger partial charge in [0.1, 0.15) is 16.0 Å². The van der Waals surface area contributed by atoms with Gasteiger partial charge in [-0.05, 0) is 75.1 Å². The monoisotopic (exact) mass is 742 g/mol. The molecule has 0 saturated heterocycles. The Morgan fingerprint density at radius 1 is 0.368 bits per heavy atom. The average molecular weight is 743 g/mol. The van der Waals surface area contributed by atoms with Crippen LogP contribution in [-0.4, -0.2) is 19.1 Å². The summed E-state index contributed by atoms with van der Waals surface area (Å²) in [6, 6.07) is 65.9. The molecule has 9 aromatic carbocycles. The highest BCUT2D eigenvalue weighted by molar-refractivity contribution is 7.25. The van der Waals surface area contributed by atoms with Crippen LogP contribution in [0.2, 0.25) is 0 Å². The lowest BCUT2D eigenvalue weighted by atomic mass is 9.95. The molecule has 0 radical (unpaired) electrons. The molecule has 0 aliphatic rings. The van der Waals surface area contributed by atoms with Gasteiger partial charge in [0.2, 0.25) is 0 Å². The molecule has 4 heterocycles. The van der Waals surface area contributed by atoms with Crippen molar-refractivity contribution in [2.75, 3.05) is 0 Å². The molecule has 0 fully saturated rings. The summed E-state index contributed by atoms with van der Waals surface area (Å²) in [5.41, 5.74) is 11.0. The van der Waals surface area contributed by atoms with Crippen LogP contribution >= 0.6 is 11.3 Å². The summed E-state index contributed by atoms with van der Waals surface area (Å²) in [4.78, 5) is 12.0. The molecule has 0 amide bonds. The van der Waals surface area contributed by atoms with Gasteiger partial charge in [-0.25, -0.2) is 9.97 Å².